The molecule has 1 aromatic rings. The minimum atomic E-state index is -1.39. The molecular weight excluding hydrogens is 612 g/mol. The third kappa shape index (κ3) is 8.41. The summed E-state index contributed by atoms with van der Waals surface area (Å²) in [5.41, 5.74) is -0.478. The van der Waals surface area contributed by atoms with Crippen LogP contribution in [-0.4, -0.2) is 86.2 Å². The van der Waals surface area contributed by atoms with Crippen LogP contribution in [0.3, 0.4) is 0 Å². The first-order valence-electron chi connectivity index (χ1n) is 18.1. The molecule has 1 aliphatic heterocycles. The molecule has 0 radical (unpaired) electrons. The Hall–Kier alpha value is -3.41. The first-order valence-corrected chi connectivity index (χ1v) is 18.1. The Morgan fingerprint density at radius 1 is 0.979 bits per heavy atom. The summed E-state index contributed by atoms with van der Waals surface area (Å²) in [5, 5.41) is 19.7. The molecule has 2 heterocycles. The molecule has 4 fully saturated rings. The lowest BCUT2D eigenvalue weighted by Gasteiger charge is -2.37. The van der Waals surface area contributed by atoms with E-state index in [9.17, 15) is 29.1 Å². The van der Waals surface area contributed by atoms with Gasteiger partial charge in [-0.05, 0) is 68.1 Å². The van der Waals surface area contributed by atoms with Crippen LogP contribution in [0.25, 0.3) is 0 Å². The molecule has 264 valence electrons. The summed E-state index contributed by atoms with van der Waals surface area (Å²) in [5.74, 6) is -2.34. The lowest BCUT2D eigenvalue weighted by molar-refractivity contribution is -0.148. The first kappa shape index (κ1) is 35.9. The Bertz CT molecular complexity index is 1320. The van der Waals surface area contributed by atoms with Crippen LogP contribution < -0.4 is 16.0 Å². The number of nitrogens with zero attached hydrogens (tertiary/aromatic N) is 3. The normalized spacial score (nSPS) is 25.1. The predicted molar refractivity (Wildman–Crippen MR) is 178 cm³/mol. The summed E-state index contributed by atoms with van der Waals surface area (Å²) >= 11 is 0. The summed E-state index contributed by atoms with van der Waals surface area (Å²) in [7, 11) is 0. The van der Waals surface area contributed by atoms with Gasteiger partial charge in [0.25, 0.3) is 11.8 Å². The summed E-state index contributed by atoms with van der Waals surface area (Å²) < 4.78 is 0. The van der Waals surface area contributed by atoms with Crippen molar-refractivity contribution < 1.29 is 29.1 Å². The van der Waals surface area contributed by atoms with E-state index < -0.39 is 47.4 Å². The van der Waals surface area contributed by atoms with Crippen LogP contribution in [0.15, 0.2) is 18.6 Å². The summed E-state index contributed by atoms with van der Waals surface area (Å²) in [6, 6.07) is -2.19. The lowest BCUT2D eigenvalue weighted by Crippen LogP contribution is -2.57. The number of carbonyl (C=O) groups excluding carboxylic acids is 5. The second kappa shape index (κ2) is 15.4. The van der Waals surface area contributed by atoms with Gasteiger partial charge in [0.05, 0.1) is 18.3 Å². The molecule has 5 rings (SSSR count). The van der Waals surface area contributed by atoms with Crippen LogP contribution in [0.2, 0.25) is 0 Å². The van der Waals surface area contributed by atoms with E-state index in [4.69, 9.17) is 0 Å². The highest BCUT2D eigenvalue weighted by molar-refractivity contribution is 5.98. The van der Waals surface area contributed by atoms with Gasteiger partial charge in [-0.3, -0.25) is 29.0 Å². The van der Waals surface area contributed by atoms with Crippen molar-refractivity contribution in [3.63, 3.8) is 0 Å². The molecule has 1 aromatic heterocycles. The molecule has 0 spiro atoms. The van der Waals surface area contributed by atoms with Gasteiger partial charge in [-0.2, -0.15) is 0 Å². The number of hydrogen-bond donors (Lipinski definition) is 4. The maximum absolute atomic E-state index is 14.6. The van der Waals surface area contributed by atoms with Gasteiger partial charge in [-0.15, -0.1) is 0 Å². The van der Waals surface area contributed by atoms with E-state index in [1.807, 2.05) is 27.7 Å². The average molecular weight is 667 g/mol. The van der Waals surface area contributed by atoms with Gasteiger partial charge >= 0.3 is 0 Å². The van der Waals surface area contributed by atoms with E-state index in [1.54, 1.807) is 4.90 Å². The number of Topliss-reactive ketones (excluding diaryl/α,β-unsaturated/α-hetero) is 1. The van der Waals surface area contributed by atoms with Crippen molar-refractivity contribution in [3.05, 3.63) is 24.3 Å². The molecule has 48 heavy (non-hydrogen) atoms. The maximum atomic E-state index is 14.6. The molecule has 0 bridgehead atoms. The highest BCUT2D eigenvalue weighted by Gasteiger charge is 2.52. The standard InChI is InChI=1S/C36H54N6O6/c1-5-9-26(31(44)34(47)39-23-14-15-23)40-33(46)30-24-13-8-12-22(24)20-42(30)35(48)25(36(2,3)4)18-28(43)29(21-10-6-7-11-21)41-32(45)27-19-37-16-17-38-27/h16-17,19,21-26,29-31,44H,5-15,18,20H2,1-4H3,(H,39,47)(H,40,46)(H,41,45)/t22-,24-,25+,26-,29-,30-,31?/m0/s1. The van der Waals surface area contributed by atoms with Crippen LogP contribution in [0, 0.1) is 29.1 Å². The molecule has 1 unspecified atom stereocenters. The third-order valence-corrected chi connectivity index (χ3v) is 11.0. The molecule has 4 amide bonds. The van der Waals surface area contributed by atoms with Crippen molar-refractivity contribution in [1.82, 2.24) is 30.8 Å². The van der Waals surface area contributed by atoms with Crippen LogP contribution in [0.1, 0.15) is 115 Å². The highest BCUT2D eigenvalue weighted by atomic mass is 16.3. The second-order valence-corrected chi connectivity index (χ2v) is 15.6. The SMILES string of the molecule is CCC[C@H](NC(=O)[C@@H]1[C@H]2CCC[C@H]2CN1C(=O)[C@@H](CC(=O)[C@@H](NC(=O)c1cnccn1)C1CCCC1)C(C)(C)C)C(O)C(=O)NC1CC1. The fourth-order valence-corrected chi connectivity index (χ4v) is 8.13. The molecule has 0 aromatic carbocycles. The van der Waals surface area contributed by atoms with Gasteiger partial charge in [0, 0.05) is 37.3 Å². The Morgan fingerprint density at radius 2 is 1.71 bits per heavy atom. The largest absolute Gasteiger partial charge is 0.381 e. The van der Waals surface area contributed by atoms with E-state index in [0.29, 0.717) is 19.4 Å². The Labute approximate surface area is 284 Å². The average Bonchev–Trinajstić information content (AvgIpc) is 3.40. The zero-order valence-electron chi connectivity index (χ0n) is 29.0. The van der Waals surface area contributed by atoms with E-state index in [2.05, 4.69) is 25.9 Å². The molecule has 7 atom stereocenters. The topological polar surface area (TPSA) is 171 Å². The van der Waals surface area contributed by atoms with E-state index in [1.165, 1.54) is 18.6 Å². The number of aliphatic hydroxyl groups excluding tert-OH is 1. The maximum Gasteiger partial charge on any atom is 0.272 e. The second-order valence-electron chi connectivity index (χ2n) is 15.6. The van der Waals surface area contributed by atoms with Gasteiger partial charge in [0.1, 0.15) is 11.7 Å². The number of nitrogens with one attached hydrogen (secondary N) is 3. The quantitative estimate of drug-likeness (QED) is 0.235. The Kier molecular flexibility index (Phi) is 11.5. The smallest absolute Gasteiger partial charge is 0.272 e. The molecular formula is C36H54N6O6. The zero-order chi connectivity index (χ0) is 34.6. The molecule has 12 heteroatoms. The van der Waals surface area contributed by atoms with E-state index in [-0.39, 0.29) is 53.5 Å². The number of amides is 4. The van der Waals surface area contributed by atoms with Crippen molar-refractivity contribution >= 4 is 29.4 Å². The van der Waals surface area contributed by atoms with Crippen LogP contribution >= 0.6 is 0 Å². The minimum absolute atomic E-state index is 0.0255. The van der Waals surface area contributed by atoms with Crippen molar-refractivity contribution in [1.29, 1.82) is 0 Å². The highest BCUT2D eigenvalue weighted by Crippen LogP contribution is 2.44. The molecule has 3 aliphatic carbocycles. The number of carbonyl (C=O) groups is 5. The van der Waals surface area contributed by atoms with Gasteiger partial charge in [0.15, 0.2) is 11.9 Å². The molecule has 3 saturated carbocycles. The van der Waals surface area contributed by atoms with Crippen LogP contribution in [0.5, 0.6) is 0 Å². The van der Waals surface area contributed by atoms with E-state index >= 15 is 0 Å². The number of aromatic nitrogens is 2. The lowest BCUT2D eigenvalue weighted by atomic mass is 9.75. The first-order chi connectivity index (χ1) is 22.9. The number of hydrogen-bond acceptors (Lipinski definition) is 8. The minimum Gasteiger partial charge on any atom is -0.381 e. The molecule has 12 nitrogen and oxygen atoms in total. The van der Waals surface area contributed by atoms with Gasteiger partial charge in [-0.1, -0.05) is 53.4 Å². The molecule has 4 aliphatic rings. The number of ketones is 1. The fourth-order valence-electron chi connectivity index (χ4n) is 8.13. The number of likely N-dealkylation sites (tertiary alicyclic amines) is 1. The summed E-state index contributed by atoms with van der Waals surface area (Å²) in [6.07, 6.45) is 11.9. The predicted octanol–water partition coefficient (Wildman–Crippen LogP) is 2.94. The Morgan fingerprint density at radius 3 is 2.33 bits per heavy atom. The molecule has 1 saturated heterocycles. The van der Waals surface area contributed by atoms with Gasteiger partial charge in [0.2, 0.25) is 11.8 Å². The third-order valence-electron chi connectivity index (χ3n) is 11.0. The summed E-state index contributed by atoms with van der Waals surface area (Å²) in [6.45, 7) is 8.17. The fraction of sp³-hybridized carbons (Fsp3) is 0.750. The van der Waals surface area contributed by atoms with Crippen LogP contribution in [-0.2, 0) is 19.2 Å². The van der Waals surface area contributed by atoms with Gasteiger partial charge < -0.3 is 26.0 Å². The zero-order valence-corrected chi connectivity index (χ0v) is 29.0. The molecule has 4 N–H and O–H groups in total. The van der Waals surface area contributed by atoms with Crippen LogP contribution in [0.4, 0.5) is 0 Å². The van der Waals surface area contributed by atoms with Crippen molar-refractivity contribution in [2.75, 3.05) is 6.54 Å². The van der Waals surface area contributed by atoms with Crippen molar-refractivity contribution in [3.8, 4) is 0 Å². The summed E-state index contributed by atoms with van der Waals surface area (Å²) in [4.78, 5) is 78.5. The number of fused-ring (bicyclic) bond motifs is 1. The number of aliphatic hydroxyl groups is 1. The van der Waals surface area contributed by atoms with E-state index in [0.717, 1.165) is 57.8 Å². The number of rotatable bonds is 14. The monoisotopic (exact) mass is 666 g/mol. The van der Waals surface area contributed by atoms with Gasteiger partial charge in [-0.25, -0.2) is 4.98 Å². The Balaban J connectivity index is 1.35. The van der Waals surface area contributed by atoms with Crippen molar-refractivity contribution in [2.45, 2.75) is 135 Å². The van der Waals surface area contributed by atoms with Crippen molar-refractivity contribution in [2.24, 2.45) is 29.1 Å².